The van der Waals surface area contributed by atoms with Gasteiger partial charge in [-0.05, 0) is 27.8 Å². The minimum atomic E-state index is -0.411. The van der Waals surface area contributed by atoms with Crippen molar-refractivity contribution in [3.05, 3.63) is 0 Å². The first-order valence-corrected chi connectivity index (χ1v) is 6.21. The first-order chi connectivity index (χ1) is 7.80. The maximum atomic E-state index is 12.0. The Morgan fingerprint density at radius 2 is 1.94 bits per heavy atom. The van der Waals surface area contributed by atoms with E-state index in [9.17, 15) is 4.79 Å². The molecule has 0 bridgehead atoms. The van der Waals surface area contributed by atoms with Crippen molar-refractivity contribution in [2.45, 2.75) is 31.9 Å². The van der Waals surface area contributed by atoms with Crippen molar-refractivity contribution in [3.63, 3.8) is 0 Å². The van der Waals surface area contributed by atoms with Crippen molar-refractivity contribution < 1.29 is 9.53 Å². The van der Waals surface area contributed by atoms with E-state index in [2.05, 4.69) is 17.3 Å². The quantitative estimate of drug-likeness (QED) is 0.671. The molecule has 0 aromatic carbocycles. The molecule has 2 aliphatic heterocycles. The molecule has 98 valence electrons. The summed E-state index contributed by atoms with van der Waals surface area (Å²) in [6.45, 7) is 10.1. The van der Waals surface area contributed by atoms with Crippen LogP contribution in [0, 0.1) is 0 Å². The van der Waals surface area contributed by atoms with E-state index in [-0.39, 0.29) is 11.6 Å². The Labute approximate surface area is 103 Å². The van der Waals surface area contributed by atoms with Crippen LogP contribution in [-0.4, -0.2) is 66.8 Å². The molecule has 0 aromatic rings. The lowest BCUT2D eigenvalue weighted by Gasteiger charge is -2.53. The highest BCUT2D eigenvalue weighted by molar-refractivity contribution is 5.68. The summed E-state index contributed by atoms with van der Waals surface area (Å²) in [5, 5.41) is 3.52. The molecule has 5 nitrogen and oxygen atoms in total. The van der Waals surface area contributed by atoms with Gasteiger partial charge >= 0.3 is 6.09 Å². The Hall–Kier alpha value is -0.810. The highest BCUT2D eigenvalue weighted by Crippen LogP contribution is 2.23. The number of ether oxygens (including phenoxy) is 1. The Morgan fingerprint density at radius 1 is 1.29 bits per heavy atom. The minimum absolute atomic E-state index is 0.101. The lowest BCUT2D eigenvalue weighted by atomic mass is 9.88. The molecule has 1 spiro atoms. The summed E-state index contributed by atoms with van der Waals surface area (Å²) >= 11 is 0. The van der Waals surface area contributed by atoms with Crippen molar-refractivity contribution in [2.24, 2.45) is 0 Å². The van der Waals surface area contributed by atoms with Gasteiger partial charge < -0.3 is 19.9 Å². The van der Waals surface area contributed by atoms with E-state index in [4.69, 9.17) is 4.74 Å². The number of piperazine rings is 1. The van der Waals surface area contributed by atoms with Crippen LogP contribution in [0.2, 0.25) is 0 Å². The van der Waals surface area contributed by atoms with E-state index in [0.717, 1.165) is 32.7 Å². The van der Waals surface area contributed by atoms with Gasteiger partial charge in [0.15, 0.2) is 0 Å². The van der Waals surface area contributed by atoms with Crippen molar-refractivity contribution in [1.82, 2.24) is 15.1 Å². The van der Waals surface area contributed by atoms with Crippen LogP contribution in [0.4, 0.5) is 4.79 Å². The SMILES string of the molecule is CN1CC2(C1)CN(C(=O)OC(C)(C)C)CCN2. The van der Waals surface area contributed by atoms with Crippen LogP contribution in [0.15, 0.2) is 0 Å². The minimum Gasteiger partial charge on any atom is -0.444 e. The van der Waals surface area contributed by atoms with Gasteiger partial charge in [-0.2, -0.15) is 0 Å². The second-order valence-corrected chi connectivity index (χ2v) is 6.28. The largest absolute Gasteiger partial charge is 0.444 e. The fourth-order valence-corrected chi connectivity index (χ4v) is 2.64. The smallest absolute Gasteiger partial charge is 0.410 e. The van der Waals surface area contributed by atoms with Crippen LogP contribution in [-0.2, 0) is 4.74 Å². The van der Waals surface area contributed by atoms with Crippen LogP contribution in [0.25, 0.3) is 0 Å². The summed E-state index contributed by atoms with van der Waals surface area (Å²) in [5.74, 6) is 0. The molecule has 2 rings (SSSR count). The van der Waals surface area contributed by atoms with Crippen molar-refractivity contribution >= 4 is 6.09 Å². The van der Waals surface area contributed by atoms with Crippen LogP contribution in [0.1, 0.15) is 20.8 Å². The summed E-state index contributed by atoms with van der Waals surface area (Å²) in [7, 11) is 2.10. The second kappa shape index (κ2) is 4.14. The molecule has 0 radical (unpaired) electrons. The van der Waals surface area contributed by atoms with Gasteiger partial charge in [0.05, 0.1) is 5.54 Å². The molecule has 5 heteroatoms. The number of carbonyl (C=O) groups is 1. The Balaban J connectivity index is 1.91. The Kier molecular flexibility index (Phi) is 3.08. The van der Waals surface area contributed by atoms with Gasteiger partial charge in [0, 0.05) is 32.7 Å². The standard InChI is InChI=1S/C12H23N3O2/c1-11(2,3)17-10(16)15-6-5-13-12(9-15)7-14(4)8-12/h13H,5-9H2,1-4H3. The fourth-order valence-electron chi connectivity index (χ4n) is 2.64. The van der Waals surface area contributed by atoms with Crippen molar-refractivity contribution in [3.8, 4) is 0 Å². The van der Waals surface area contributed by atoms with E-state index >= 15 is 0 Å². The summed E-state index contributed by atoms with van der Waals surface area (Å²) in [6, 6.07) is 0. The van der Waals surface area contributed by atoms with Gasteiger partial charge in [0.1, 0.15) is 5.60 Å². The molecule has 1 amide bonds. The molecule has 2 saturated heterocycles. The average Bonchev–Trinajstić information content (AvgIpc) is 2.13. The predicted octanol–water partition coefficient (Wildman–Crippen LogP) is 0.511. The van der Waals surface area contributed by atoms with Crippen LogP contribution in [0.5, 0.6) is 0 Å². The van der Waals surface area contributed by atoms with Gasteiger partial charge in [-0.1, -0.05) is 0 Å². The normalized spacial score (nSPS) is 24.6. The summed E-state index contributed by atoms with van der Waals surface area (Å²) in [5.41, 5.74) is -0.310. The lowest BCUT2D eigenvalue weighted by molar-refractivity contribution is -0.0171. The van der Waals surface area contributed by atoms with Crippen molar-refractivity contribution in [2.75, 3.05) is 39.8 Å². The van der Waals surface area contributed by atoms with Crippen LogP contribution >= 0.6 is 0 Å². The fraction of sp³-hybridized carbons (Fsp3) is 0.917. The van der Waals surface area contributed by atoms with Crippen LogP contribution in [0.3, 0.4) is 0 Å². The Morgan fingerprint density at radius 3 is 2.47 bits per heavy atom. The number of likely N-dealkylation sites (tertiary alicyclic amines) is 1. The summed E-state index contributed by atoms with van der Waals surface area (Å²) in [6.07, 6.45) is -0.187. The summed E-state index contributed by atoms with van der Waals surface area (Å²) in [4.78, 5) is 16.1. The highest BCUT2D eigenvalue weighted by Gasteiger charge is 2.45. The molecular formula is C12H23N3O2. The Bertz CT molecular complexity index is 300. The maximum absolute atomic E-state index is 12.0. The van der Waals surface area contributed by atoms with Gasteiger partial charge in [-0.25, -0.2) is 4.79 Å². The number of hydrogen-bond acceptors (Lipinski definition) is 4. The lowest BCUT2D eigenvalue weighted by Crippen LogP contribution is -2.75. The molecule has 0 unspecified atom stereocenters. The number of carbonyl (C=O) groups excluding carboxylic acids is 1. The number of likely N-dealkylation sites (N-methyl/N-ethyl adjacent to an activating group) is 1. The third-order valence-electron chi connectivity index (χ3n) is 3.17. The van der Waals surface area contributed by atoms with Gasteiger partial charge in [-0.3, -0.25) is 0 Å². The zero-order chi connectivity index (χ0) is 12.7. The number of amides is 1. The first kappa shape index (κ1) is 12.6. The van der Waals surface area contributed by atoms with E-state index < -0.39 is 5.60 Å². The van der Waals surface area contributed by atoms with Crippen molar-refractivity contribution in [1.29, 1.82) is 0 Å². The molecule has 2 aliphatic rings. The molecule has 0 saturated carbocycles. The molecule has 2 fully saturated rings. The predicted molar refractivity (Wildman–Crippen MR) is 66.0 cm³/mol. The zero-order valence-corrected chi connectivity index (χ0v) is 11.2. The van der Waals surface area contributed by atoms with Gasteiger partial charge in [-0.15, -0.1) is 0 Å². The van der Waals surface area contributed by atoms with Gasteiger partial charge in [0.2, 0.25) is 0 Å². The van der Waals surface area contributed by atoms with E-state index in [1.54, 1.807) is 0 Å². The van der Waals surface area contributed by atoms with E-state index in [0.29, 0.717) is 0 Å². The third-order valence-corrected chi connectivity index (χ3v) is 3.17. The van der Waals surface area contributed by atoms with E-state index in [1.807, 2.05) is 25.7 Å². The highest BCUT2D eigenvalue weighted by atomic mass is 16.6. The summed E-state index contributed by atoms with van der Waals surface area (Å²) < 4.78 is 5.41. The molecular weight excluding hydrogens is 218 g/mol. The maximum Gasteiger partial charge on any atom is 0.410 e. The number of hydrogen-bond donors (Lipinski definition) is 1. The molecule has 2 heterocycles. The second-order valence-electron chi connectivity index (χ2n) is 6.28. The number of nitrogens with one attached hydrogen (secondary N) is 1. The average molecular weight is 241 g/mol. The number of nitrogens with zero attached hydrogens (tertiary/aromatic N) is 2. The van der Waals surface area contributed by atoms with E-state index in [1.165, 1.54) is 0 Å². The zero-order valence-electron chi connectivity index (χ0n) is 11.2. The van der Waals surface area contributed by atoms with Crippen LogP contribution < -0.4 is 5.32 Å². The molecule has 17 heavy (non-hydrogen) atoms. The monoisotopic (exact) mass is 241 g/mol. The molecule has 0 aromatic heterocycles. The molecule has 0 atom stereocenters. The topological polar surface area (TPSA) is 44.8 Å². The molecule has 1 N–H and O–H groups in total. The van der Waals surface area contributed by atoms with Gasteiger partial charge in [0.25, 0.3) is 0 Å². The number of rotatable bonds is 0. The molecule has 0 aliphatic carbocycles. The third kappa shape index (κ3) is 2.90. The first-order valence-electron chi connectivity index (χ1n) is 6.21.